The van der Waals surface area contributed by atoms with Gasteiger partial charge in [-0.25, -0.2) is 4.79 Å². The maximum Gasteiger partial charge on any atom is 0.325 e. The Morgan fingerprint density at radius 1 is 1.12 bits per heavy atom. The molecule has 0 spiro atoms. The summed E-state index contributed by atoms with van der Waals surface area (Å²) in [7, 11) is 0. The Hall–Kier alpha value is -0.680. The Balaban J connectivity index is 2.82. The first-order valence-electron chi connectivity index (χ1n) is 4.25. The van der Waals surface area contributed by atoms with Crippen LogP contribution in [0.1, 0.15) is 0 Å². The lowest BCUT2D eigenvalue weighted by atomic mass is 10.3. The predicted octanol–water partition coefficient (Wildman–Crippen LogP) is 3.53. The van der Waals surface area contributed by atoms with Gasteiger partial charge in [0.25, 0.3) is 0 Å². The third-order valence-corrected chi connectivity index (χ3v) is 2.68. The third kappa shape index (κ3) is 4.24. The highest BCUT2D eigenvalue weighted by Gasteiger charge is 2.12. The fourth-order valence-electron chi connectivity index (χ4n) is 0.966. The molecule has 3 amide bonds. The number of alkyl halides is 1. The highest BCUT2D eigenvalue weighted by molar-refractivity contribution is 6.42. The molecule has 1 rings (SSSR count). The highest BCUT2D eigenvalue weighted by Crippen LogP contribution is 2.33. The lowest BCUT2D eigenvalue weighted by Crippen LogP contribution is -2.35. The molecule has 0 heterocycles. The molecule has 0 aliphatic carbocycles. The maximum atomic E-state index is 11.3. The Morgan fingerprint density at radius 3 is 2.12 bits per heavy atom. The van der Waals surface area contributed by atoms with Crippen LogP contribution < -0.4 is 10.6 Å². The molecule has 0 fully saturated rings. The minimum atomic E-state index is -0.776. The predicted molar refractivity (Wildman–Crippen MR) is 69.4 cm³/mol. The number of carbonyl (C=O) groups excluding carboxylic acids is 2. The molecule has 0 unspecified atom stereocenters. The Kier molecular flexibility index (Phi) is 5.33. The normalized spacial score (nSPS) is 9.88. The second-order valence-corrected chi connectivity index (χ2v) is 4.40. The number of nitrogens with one attached hydrogen (secondary N) is 2. The summed E-state index contributed by atoms with van der Waals surface area (Å²) >= 11 is 22.6. The van der Waals surface area contributed by atoms with Crippen molar-refractivity contribution in [3.8, 4) is 0 Å². The molecule has 0 aromatic heterocycles. The summed E-state index contributed by atoms with van der Waals surface area (Å²) in [5.74, 6) is -0.958. The van der Waals surface area contributed by atoms with Crippen molar-refractivity contribution in [3.63, 3.8) is 0 Å². The van der Waals surface area contributed by atoms with Crippen molar-refractivity contribution in [1.82, 2.24) is 5.32 Å². The molecule has 1 aromatic rings. The van der Waals surface area contributed by atoms with Gasteiger partial charge in [-0.3, -0.25) is 10.1 Å². The summed E-state index contributed by atoms with van der Waals surface area (Å²) < 4.78 is 0. The molecule has 92 valence electrons. The van der Waals surface area contributed by atoms with Gasteiger partial charge in [0.1, 0.15) is 5.88 Å². The minimum absolute atomic E-state index is 0.163. The van der Waals surface area contributed by atoms with Gasteiger partial charge in [0.2, 0.25) is 5.91 Å². The van der Waals surface area contributed by atoms with Crippen molar-refractivity contribution in [3.05, 3.63) is 27.2 Å². The molecule has 1 aromatic carbocycles. The average molecular weight is 316 g/mol. The summed E-state index contributed by atoms with van der Waals surface area (Å²) in [6.07, 6.45) is 0. The standard InChI is InChI=1S/C9H6Cl4N2O2/c10-3-7(16)14-9(17)15-8-5(12)1-4(11)2-6(8)13/h1-2H,3H2,(H2,14,15,16,17). The summed E-state index contributed by atoms with van der Waals surface area (Å²) in [5.41, 5.74) is 0.164. The monoisotopic (exact) mass is 314 g/mol. The van der Waals surface area contributed by atoms with Gasteiger partial charge in [0.15, 0.2) is 0 Å². The van der Waals surface area contributed by atoms with Gasteiger partial charge in [-0.05, 0) is 12.1 Å². The van der Waals surface area contributed by atoms with E-state index in [1.54, 1.807) is 0 Å². The van der Waals surface area contributed by atoms with Gasteiger partial charge in [-0.2, -0.15) is 0 Å². The zero-order valence-electron chi connectivity index (χ0n) is 8.19. The van der Waals surface area contributed by atoms with Gasteiger partial charge < -0.3 is 5.32 Å². The zero-order chi connectivity index (χ0) is 13.0. The van der Waals surface area contributed by atoms with Crippen LogP contribution in [0.3, 0.4) is 0 Å². The molecule has 0 bridgehead atoms. The number of carbonyl (C=O) groups is 2. The van der Waals surface area contributed by atoms with E-state index in [9.17, 15) is 9.59 Å². The highest BCUT2D eigenvalue weighted by atomic mass is 35.5. The Bertz CT molecular complexity index is 441. The molecule has 0 saturated carbocycles. The molecular formula is C9H6Cl4N2O2. The lowest BCUT2D eigenvalue weighted by Gasteiger charge is -2.09. The Morgan fingerprint density at radius 2 is 1.65 bits per heavy atom. The number of anilines is 1. The van der Waals surface area contributed by atoms with Crippen molar-refractivity contribution in [2.75, 3.05) is 11.2 Å². The fraction of sp³-hybridized carbons (Fsp3) is 0.111. The lowest BCUT2D eigenvalue weighted by molar-refractivity contribution is -0.117. The average Bonchev–Trinajstić information content (AvgIpc) is 2.23. The van der Waals surface area contributed by atoms with Crippen molar-refractivity contribution in [1.29, 1.82) is 0 Å². The van der Waals surface area contributed by atoms with E-state index >= 15 is 0 Å². The molecular weight excluding hydrogens is 310 g/mol. The molecule has 0 radical (unpaired) electrons. The number of hydrogen-bond acceptors (Lipinski definition) is 2. The smallest absolute Gasteiger partial charge is 0.305 e. The SMILES string of the molecule is O=C(CCl)NC(=O)Nc1c(Cl)cc(Cl)cc1Cl. The van der Waals surface area contributed by atoms with Gasteiger partial charge in [0, 0.05) is 5.02 Å². The number of benzene rings is 1. The van der Waals surface area contributed by atoms with Crippen molar-refractivity contribution < 1.29 is 9.59 Å². The van der Waals surface area contributed by atoms with Gasteiger partial charge in [0.05, 0.1) is 15.7 Å². The van der Waals surface area contributed by atoms with Crippen LogP contribution in [-0.2, 0) is 4.79 Å². The van der Waals surface area contributed by atoms with E-state index < -0.39 is 11.9 Å². The van der Waals surface area contributed by atoms with Crippen molar-refractivity contribution in [2.24, 2.45) is 0 Å². The van der Waals surface area contributed by atoms with E-state index in [1.165, 1.54) is 12.1 Å². The molecule has 4 nitrogen and oxygen atoms in total. The molecule has 0 atom stereocenters. The van der Waals surface area contributed by atoms with Gasteiger partial charge >= 0.3 is 6.03 Å². The second kappa shape index (κ2) is 6.31. The van der Waals surface area contributed by atoms with Gasteiger partial charge in [-0.1, -0.05) is 34.8 Å². The van der Waals surface area contributed by atoms with Crippen LogP contribution in [-0.4, -0.2) is 17.8 Å². The van der Waals surface area contributed by atoms with Crippen LogP contribution in [0.2, 0.25) is 15.1 Å². The van der Waals surface area contributed by atoms with E-state index in [1.807, 2.05) is 5.32 Å². The second-order valence-electron chi connectivity index (χ2n) is 2.88. The molecule has 8 heteroatoms. The number of imide groups is 1. The quantitative estimate of drug-likeness (QED) is 0.820. The number of urea groups is 1. The zero-order valence-corrected chi connectivity index (χ0v) is 11.2. The van der Waals surface area contributed by atoms with E-state index in [2.05, 4.69) is 5.32 Å². The van der Waals surface area contributed by atoms with Crippen LogP contribution in [0.15, 0.2) is 12.1 Å². The summed E-state index contributed by atoms with van der Waals surface area (Å²) in [5, 5.41) is 4.96. The maximum absolute atomic E-state index is 11.3. The summed E-state index contributed by atoms with van der Waals surface area (Å²) in [4.78, 5) is 22.2. The van der Waals surface area contributed by atoms with Crippen molar-refractivity contribution >= 4 is 64.0 Å². The van der Waals surface area contributed by atoms with E-state index in [0.29, 0.717) is 5.02 Å². The first kappa shape index (κ1) is 14.4. The molecule has 0 saturated heterocycles. The molecule has 0 aliphatic rings. The third-order valence-electron chi connectivity index (χ3n) is 1.62. The summed E-state index contributed by atoms with van der Waals surface area (Å²) in [6.45, 7) is 0. The fourth-order valence-corrected chi connectivity index (χ4v) is 1.94. The van der Waals surface area contributed by atoms with Crippen LogP contribution in [0.25, 0.3) is 0 Å². The van der Waals surface area contributed by atoms with Crippen LogP contribution in [0, 0.1) is 0 Å². The number of halogens is 4. The number of hydrogen-bond donors (Lipinski definition) is 2. The van der Waals surface area contributed by atoms with Crippen LogP contribution >= 0.6 is 46.4 Å². The largest absolute Gasteiger partial charge is 0.325 e. The van der Waals surface area contributed by atoms with E-state index in [-0.39, 0.29) is 21.6 Å². The van der Waals surface area contributed by atoms with E-state index in [4.69, 9.17) is 46.4 Å². The summed E-state index contributed by atoms with van der Waals surface area (Å²) in [6, 6.07) is 2.05. The van der Waals surface area contributed by atoms with Crippen molar-refractivity contribution in [2.45, 2.75) is 0 Å². The van der Waals surface area contributed by atoms with Crippen LogP contribution in [0.4, 0.5) is 10.5 Å². The minimum Gasteiger partial charge on any atom is -0.305 e. The molecule has 17 heavy (non-hydrogen) atoms. The van der Waals surface area contributed by atoms with Gasteiger partial charge in [-0.15, -0.1) is 11.6 Å². The van der Waals surface area contributed by atoms with E-state index in [0.717, 1.165) is 0 Å². The first-order chi connectivity index (χ1) is 7.93. The van der Waals surface area contributed by atoms with Crippen LogP contribution in [0.5, 0.6) is 0 Å². The first-order valence-corrected chi connectivity index (χ1v) is 5.92. The Labute approximate surface area is 117 Å². The number of rotatable bonds is 2. The topological polar surface area (TPSA) is 58.2 Å². The number of amides is 3. The molecule has 0 aliphatic heterocycles. The molecule has 2 N–H and O–H groups in total.